The van der Waals surface area contributed by atoms with Gasteiger partial charge in [0.25, 0.3) is 0 Å². The Morgan fingerprint density at radius 1 is 1.04 bits per heavy atom. The number of carbonyl (C=O) groups is 1. The van der Waals surface area contributed by atoms with E-state index in [2.05, 4.69) is 0 Å². The highest BCUT2D eigenvalue weighted by Crippen LogP contribution is 2.30. The molecule has 0 amide bonds. The molecule has 0 radical (unpaired) electrons. The summed E-state index contributed by atoms with van der Waals surface area (Å²) in [6, 6.07) is 11.0. The summed E-state index contributed by atoms with van der Waals surface area (Å²) < 4.78 is 10.5. The molecule has 23 heavy (non-hydrogen) atoms. The largest absolute Gasteiger partial charge is 0.497 e. The summed E-state index contributed by atoms with van der Waals surface area (Å²) in [6.45, 7) is 3.84. The summed E-state index contributed by atoms with van der Waals surface area (Å²) in [5, 5.41) is 9.65. The first-order chi connectivity index (χ1) is 11.0. The lowest BCUT2D eigenvalue weighted by Gasteiger charge is -2.11. The number of ether oxygens (including phenoxy) is 2. The Morgan fingerprint density at radius 2 is 1.78 bits per heavy atom. The van der Waals surface area contributed by atoms with Crippen molar-refractivity contribution < 1.29 is 19.4 Å². The molecule has 0 spiro atoms. The standard InChI is InChI=1S/C19H20O4/c1-12-5-6-13(2)16(9-12)17(19(20)21)11-14-10-15(22-3)7-8-18(14)23-4/h5-11H,1-4H3,(H,20,21)/b17-11-. The molecule has 0 aliphatic heterocycles. The third-order valence-corrected chi connectivity index (χ3v) is 3.65. The number of benzene rings is 2. The van der Waals surface area contributed by atoms with E-state index < -0.39 is 5.97 Å². The van der Waals surface area contributed by atoms with E-state index >= 15 is 0 Å². The van der Waals surface area contributed by atoms with Crippen LogP contribution in [0.15, 0.2) is 36.4 Å². The molecule has 0 saturated carbocycles. The zero-order chi connectivity index (χ0) is 17.0. The molecule has 4 heteroatoms. The average Bonchev–Trinajstić information content (AvgIpc) is 2.54. The van der Waals surface area contributed by atoms with Gasteiger partial charge in [0.2, 0.25) is 0 Å². The number of carboxylic acid groups (broad SMARTS) is 1. The minimum Gasteiger partial charge on any atom is -0.497 e. The number of aliphatic carboxylic acids is 1. The second-order valence-electron chi connectivity index (χ2n) is 5.29. The molecule has 4 nitrogen and oxygen atoms in total. The van der Waals surface area contributed by atoms with E-state index in [1.165, 1.54) is 0 Å². The molecule has 0 saturated heterocycles. The van der Waals surface area contributed by atoms with E-state index in [1.807, 2.05) is 32.0 Å². The van der Waals surface area contributed by atoms with Gasteiger partial charge in [-0.2, -0.15) is 0 Å². The highest BCUT2D eigenvalue weighted by Gasteiger charge is 2.15. The minimum absolute atomic E-state index is 0.220. The van der Waals surface area contributed by atoms with E-state index in [4.69, 9.17) is 9.47 Å². The molecule has 120 valence electrons. The Kier molecular flexibility index (Phi) is 5.06. The van der Waals surface area contributed by atoms with E-state index in [0.29, 0.717) is 22.6 Å². The van der Waals surface area contributed by atoms with E-state index in [-0.39, 0.29) is 5.57 Å². The fraction of sp³-hybridized carbons (Fsp3) is 0.211. The molecule has 0 unspecified atom stereocenters. The molecule has 0 bridgehead atoms. The predicted molar refractivity (Wildman–Crippen MR) is 91.0 cm³/mol. The van der Waals surface area contributed by atoms with Gasteiger partial charge in [-0.1, -0.05) is 23.8 Å². The minimum atomic E-state index is -0.983. The molecule has 0 aliphatic rings. The molecule has 0 atom stereocenters. The Labute approximate surface area is 136 Å². The first kappa shape index (κ1) is 16.6. The number of methoxy groups -OCH3 is 2. The molecule has 0 aromatic heterocycles. The van der Waals surface area contributed by atoms with Crippen molar-refractivity contribution in [1.29, 1.82) is 0 Å². The summed E-state index contributed by atoms with van der Waals surface area (Å²) in [5.74, 6) is 0.251. The first-order valence-electron chi connectivity index (χ1n) is 7.21. The smallest absolute Gasteiger partial charge is 0.336 e. The third kappa shape index (κ3) is 3.72. The predicted octanol–water partition coefficient (Wildman–Crippen LogP) is 3.95. The van der Waals surface area contributed by atoms with Crippen LogP contribution in [0.2, 0.25) is 0 Å². The molecule has 2 aromatic rings. The van der Waals surface area contributed by atoms with Gasteiger partial charge in [-0.15, -0.1) is 0 Å². The molecular weight excluding hydrogens is 292 g/mol. The fourth-order valence-corrected chi connectivity index (χ4v) is 2.39. The zero-order valence-electron chi connectivity index (χ0n) is 13.7. The summed E-state index contributed by atoms with van der Waals surface area (Å²) in [7, 11) is 3.12. The molecular formula is C19H20O4. The first-order valence-corrected chi connectivity index (χ1v) is 7.21. The Balaban J connectivity index is 2.64. The van der Waals surface area contributed by atoms with Crippen molar-refractivity contribution in [2.75, 3.05) is 14.2 Å². The fourth-order valence-electron chi connectivity index (χ4n) is 2.39. The Morgan fingerprint density at radius 3 is 2.39 bits per heavy atom. The second-order valence-corrected chi connectivity index (χ2v) is 5.29. The van der Waals surface area contributed by atoms with Crippen LogP contribution >= 0.6 is 0 Å². The van der Waals surface area contributed by atoms with Crippen LogP contribution in [-0.2, 0) is 4.79 Å². The lowest BCUT2D eigenvalue weighted by atomic mass is 9.96. The van der Waals surface area contributed by atoms with Crippen molar-refractivity contribution in [3.63, 3.8) is 0 Å². The van der Waals surface area contributed by atoms with Crippen LogP contribution in [0.3, 0.4) is 0 Å². The maximum Gasteiger partial charge on any atom is 0.336 e. The third-order valence-electron chi connectivity index (χ3n) is 3.65. The number of rotatable bonds is 5. The molecule has 0 fully saturated rings. The summed E-state index contributed by atoms with van der Waals surface area (Å²) in [5.41, 5.74) is 3.49. The SMILES string of the molecule is COc1ccc(OC)c(/C=C(\C(=O)O)c2cc(C)ccc2C)c1. The van der Waals surface area contributed by atoms with Gasteiger partial charge in [-0.25, -0.2) is 4.79 Å². The van der Waals surface area contributed by atoms with Crippen LogP contribution in [0, 0.1) is 13.8 Å². The molecule has 0 heterocycles. The van der Waals surface area contributed by atoms with Gasteiger partial charge in [0.05, 0.1) is 19.8 Å². The summed E-state index contributed by atoms with van der Waals surface area (Å²) in [6.07, 6.45) is 1.62. The van der Waals surface area contributed by atoms with Gasteiger partial charge < -0.3 is 14.6 Å². The van der Waals surface area contributed by atoms with Crippen molar-refractivity contribution in [3.05, 3.63) is 58.7 Å². The van der Waals surface area contributed by atoms with Gasteiger partial charge in [-0.05, 0) is 49.2 Å². The van der Waals surface area contributed by atoms with Gasteiger partial charge in [0.15, 0.2) is 0 Å². The lowest BCUT2D eigenvalue weighted by Crippen LogP contribution is -2.02. The van der Waals surface area contributed by atoms with Crippen LogP contribution in [-0.4, -0.2) is 25.3 Å². The summed E-state index contributed by atoms with van der Waals surface area (Å²) in [4.78, 5) is 11.8. The maximum absolute atomic E-state index is 11.8. The van der Waals surface area contributed by atoms with Gasteiger partial charge in [0, 0.05) is 5.56 Å². The molecule has 1 N–H and O–H groups in total. The summed E-state index contributed by atoms with van der Waals surface area (Å²) >= 11 is 0. The Hall–Kier alpha value is -2.75. The number of aryl methyl sites for hydroxylation is 2. The topological polar surface area (TPSA) is 55.8 Å². The number of carboxylic acids is 1. The zero-order valence-corrected chi connectivity index (χ0v) is 13.7. The number of hydrogen-bond donors (Lipinski definition) is 1. The van der Waals surface area contributed by atoms with Gasteiger partial charge in [-0.3, -0.25) is 0 Å². The van der Waals surface area contributed by atoms with E-state index in [0.717, 1.165) is 11.1 Å². The van der Waals surface area contributed by atoms with Gasteiger partial charge in [0.1, 0.15) is 11.5 Å². The highest BCUT2D eigenvalue weighted by atomic mass is 16.5. The van der Waals surface area contributed by atoms with Crippen molar-refractivity contribution in [3.8, 4) is 11.5 Å². The maximum atomic E-state index is 11.8. The second kappa shape index (κ2) is 7.01. The lowest BCUT2D eigenvalue weighted by molar-refractivity contribution is -0.130. The number of hydrogen-bond acceptors (Lipinski definition) is 3. The molecule has 0 aliphatic carbocycles. The average molecular weight is 312 g/mol. The highest BCUT2D eigenvalue weighted by molar-refractivity contribution is 6.21. The van der Waals surface area contributed by atoms with E-state index in [1.54, 1.807) is 38.5 Å². The van der Waals surface area contributed by atoms with Crippen LogP contribution < -0.4 is 9.47 Å². The van der Waals surface area contributed by atoms with Crippen LogP contribution in [0.4, 0.5) is 0 Å². The quantitative estimate of drug-likeness (QED) is 0.671. The van der Waals surface area contributed by atoms with E-state index in [9.17, 15) is 9.90 Å². The van der Waals surface area contributed by atoms with Crippen molar-refractivity contribution in [2.45, 2.75) is 13.8 Å². The molecule has 2 aromatic carbocycles. The van der Waals surface area contributed by atoms with Crippen LogP contribution in [0.25, 0.3) is 11.6 Å². The van der Waals surface area contributed by atoms with Crippen LogP contribution in [0.1, 0.15) is 22.3 Å². The van der Waals surface area contributed by atoms with Gasteiger partial charge >= 0.3 is 5.97 Å². The van der Waals surface area contributed by atoms with Crippen molar-refractivity contribution in [1.82, 2.24) is 0 Å². The van der Waals surface area contributed by atoms with Crippen molar-refractivity contribution >= 4 is 17.6 Å². The molecule has 2 rings (SSSR count). The Bertz CT molecular complexity index is 760. The van der Waals surface area contributed by atoms with Crippen molar-refractivity contribution in [2.24, 2.45) is 0 Å². The monoisotopic (exact) mass is 312 g/mol. The normalized spacial score (nSPS) is 11.2. The van der Waals surface area contributed by atoms with Crippen LogP contribution in [0.5, 0.6) is 11.5 Å².